The summed E-state index contributed by atoms with van der Waals surface area (Å²) in [5.41, 5.74) is 1.83. The second kappa shape index (κ2) is 10.8. The van der Waals surface area contributed by atoms with Crippen molar-refractivity contribution in [2.24, 2.45) is 11.3 Å². The van der Waals surface area contributed by atoms with E-state index in [1.54, 1.807) is 11.5 Å². The van der Waals surface area contributed by atoms with Gasteiger partial charge >= 0.3 is 26.2 Å². The average Bonchev–Trinajstić information content (AvgIpc) is 2.54. The molecule has 0 saturated carbocycles. The van der Waals surface area contributed by atoms with Crippen LogP contribution in [0.25, 0.3) is 6.15 Å². The van der Waals surface area contributed by atoms with Gasteiger partial charge in [-0.05, 0) is 6.42 Å². The van der Waals surface area contributed by atoms with E-state index in [9.17, 15) is 0 Å². The minimum atomic E-state index is 0. The van der Waals surface area contributed by atoms with E-state index in [-0.39, 0.29) is 62.6 Å². The summed E-state index contributed by atoms with van der Waals surface area (Å²) >= 11 is 0. The standard InChI is InChI=1S/C13H21.2ClH.H2N.Zr/c1-10(2)11(3)13(4,5)12-8-6-7-9-12;;;;/h6-8,10H,9H2,1-5H3;2*1H;1H2;/q-1;;;-1;+4/p-2. The van der Waals surface area contributed by atoms with E-state index >= 15 is 0 Å². The number of allylic oxidation sites excluding steroid dienone is 4. The van der Waals surface area contributed by atoms with Crippen molar-refractivity contribution in [2.75, 3.05) is 0 Å². The molecule has 0 bridgehead atoms. The fourth-order valence-corrected chi connectivity index (χ4v) is 1.89. The molecule has 4 heteroatoms. The topological polar surface area (TPSA) is 33.5 Å². The van der Waals surface area contributed by atoms with E-state index in [0.717, 1.165) is 6.42 Å². The molecule has 0 aromatic carbocycles. The van der Waals surface area contributed by atoms with E-state index in [2.05, 4.69) is 52.8 Å². The monoisotopic (exact) mass is 353 g/mol. The van der Waals surface area contributed by atoms with Crippen molar-refractivity contribution in [2.45, 2.75) is 41.0 Å². The Hall–Kier alpha value is 0.903. The maximum Gasteiger partial charge on any atom is 4.00 e. The van der Waals surface area contributed by atoms with Crippen molar-refractivity contribution in [3.8, 4) is 0 Å². The van der Waals surface area contributed by atoms with Crippen LogP contribution in [-0.2, 0) is 26.2 Å². The van der Waals surface area contributed by atoms with E-state index < -0.39 is 0 Å². The van der Waals surface area contributed by atoms with Gasteiger partial charge in [-0.3, -0.25) is 0 Å². The second-order valence-electron chi connectivity index (χ2n) is 4.79. The smallest absolute Gasteiger partial charge is 1.00 e. The molecule has 17 heavy (non-hydrogen) atoms. The molecule has 0 amide bonds. The Kier molecular flexibility index (Phi) is 16.8. The van der Waals surface area contributed by atoms with Crippen LogP contribution in [0.4, 0.5) is 0 Å². The van der Waals surface area contributed by atoms with Crippen LogP contribution in [0.15, 0.2) is 23.8 Å². The zero-order valence-electron chi connectivity index (χ0n) is 11.3. The first-order valence-electron chi connectivity index (χ1n) is 5.16. The maximum absolute atomic E-state index is 2.33. The minimum Gasteiger partial charge on any atom is -1.00 e. The summed E-state index contributed by atoms with van der Waals surface area (Å²) in [5.74, 6) is 2.26. The molecule has 0 aromatic rings. The molecule has 1 rings (SSSR count). The van der Waals surface area contributed by atoms with Gasteiger partial charge in [0.05, 0.1) is 0 Å². The number of hydrogen-bond donors (Lipinski definition) is 0. The normalized spacial score (nSPS) is 13.2. The van der Waals surface area contributed by atoms with Gasteiger partial charge in [0.1, 0.15) is 0 Å². The molecular formula is C13H23Cl2NZr. The van der Waals surface area contributed by atoms with Crippen molar-refractivity contribution < 1.29 is 51.0 Å². The third-order valence-corrected chi connectivity index (χ3v) is 3.43. The van der Waals surface area contributed by atoms with Gasteiger partial charge in [0.15, 0.2) is 0 Å². The number of nitrogens with two attached hydrogens (primary N) is 1. The van der Waals surface area contributed by atoms with Gasteiger partial charge in [-0.2, -0.15) is 12.8 Å². The van der Waals surface area contributed by atoms with Crippen LogP contribution in [0.2, 0.25) is 0 Å². The number of hydrogen-bond acceptors (Lipinski definition) is 0. The van der Waals surface area contributed by atoms with Gasteiger partial charge in [0, 0.05) is 0 Å². The molecule has 0 aromatic heterocycles. The average molecular weight is 355 g/mol. The first-order chi connectivity index (χ1) is 5.96. The van der Waals surface area contributed by atoms with Gasteiger partial charge < -0.3 is 36.9 Å². The largest absolute Gasteiger partial charge is 4.00 e. The van der Waals surface area contributed by atoms with Crippen molar-refractivity contribution in [3.63, 3.8) is 0 Å². The van der Waals surface area contributed by atoms with Crippen molar-refractivity contribution in [3.05, 3.63) is 35.9 Å². The van der Waals surface area contributed by atoms with Crippen LogP contribution in [0.3, 0.4) is 0 Å². The SMILES string of the molecule is C[C-](C(C)C)C(C)(C)C1=CC=CC1.[Cl-].[Cl-].[NH2-].[Zr+4]. The quantitative estimate of drug-likeness (QED) is 0.575. The molecule has 0 radical (unpaired) electrons. The van der Waals surface area contributed by atoms with Crippen LogP contribution < -0.4 is 24.8 Å². The van der Waals surface area contributed by atoms with Crippen LogP contribution in [0.1, 0.15) is 41.0 Å². The first kappa shape index (κ1) is 26.5. The molecule has 0 heterocycles. The molecule has 0 unspecified atom stereocenters. The summed E-state index contributed by atoms with van der Waals surface area (Å²) in [6.07, 6.45) is 7.82. The summed E-state index contributed by atoms with van der Waals surface area (Å²) in [6, 6.07) is 0. The molecule has 0 atom stereocenters. The third kappa shape index (κ3) is 6.57. The van der Waals surface area contributed by atoms with Gasteiger partial charge in [-0.15, -0.1) is 5.41 Å². The predicted molar refractivity (Wildman–Crippen MR) is 64.7 cm³/mol. The molecule has 2 N–H and O–H groups in total. The molecule has 0 aliphatic heterocycles. The summed E-state index contributed by atoms with van der Waals surface area (Å²) in [4.78, 5) is 0. The molecule has 0 spiro atoms. The number of halogens is 2. The van der Waals surface area contributed by atoms with Crippen molar-refractivity contribution >= 4 is 0 Å². The Morgan fingerprint density at radius 1 is 1.24 bits per heavy atom. The molecule has 1 aliphatic rings. The fourth-order valence-electron chi connectivity index (χ4n) is 1.89. The zero-order chi connectivity index (χ0) is 10.1. The fraction of sp³-hybridized carbons (Fsp3) is 0.615. The molecule has 1 nitrogen and oxygen atoms in total. The zero-order valence-corrected chi connectivity index (χ0v) is 15.3. The molecule has 98 valence electrons. The van der Waals surface area contributed by atoms with Crippen LogP contribution in [-0.4, -0.2) is 0 Å². The summed E-state index contributed by atoms with van der Waals surface area (Å²) in [6.45, 7) is 11.5. The predicted octanol–water partition coefficient (Wildman–Crippen LogP) is -1.13. The van der Waals surface area contributed by atoms with E-state index in [4.69, 9.17) is 0 Å². The van der Waals surface area contributed by atoms with Crippen molar-refractivity contribution in [1.29, 1.82) is 0 Å². The van der Waals surface area contributed by atoms with Gasteiger partial charge in [-0.25, -0.2) is 0 Å². The Labute approximate surface area is 138 Å². The molecule has 1 aliphatic carbocycles. The van der Waals surface area contributed by atoms with Crippen LogP contribution in [0, 0.1) is 17.3 Å². The third-order valence-electron chi connectivity index (χ3n) is 3.43. The van der Waals surface area contributed by atoms with Gasteiger partial charge in [0.25, 0.3) is 0 Å². The minimum absolute atomic E-state index is 0. The number of rotatable bonds is 3. The van der Waals surface area contributed by atoms with Gasteiger partial charge in [-0.1, -0.05) is 51.5 Å². The Bertz CT molecular complexity index is 248. The van der Waals surface area contributed by atoms with E-state index in [0.29, 0.717) is 5.92 Å². The summed E-state index contributed by atoms with van der Waals surface area (Å²) < 4.78 is 0. The maximum atomic E-state index is 2.33. The molecule has 0 fully saturated rings. The first-order valence-corrected chi connectivity index (χ1v) is 5.16. The van der Waals surface area contributed by atoms with E-state index in [1.807, 2.05) is 0 Å². The Morgan fingerprint density at radius 3 is 2.00 bits per heavy atom. The summed E-state index contributed by atoms with van der Waals surface area (Å²) in [7, 11) is 0. The summed E-state index contributed by atoms with van der Waals surface area (Å²) in [5, 5.41) is 0. The van der Waals surface area contributed by atoms with Crippen LogP contribution >= 0.6 is 0 Å². The molecule has 0 saturated heterocycles. The molecular weight excluding hydrogens is 332 g/mol. The second-order valence-corrected chi connectivity index (χ2v) is 4.79. The Balaban J connectivity index is -0.000000211. The van der Waals surface area contributed by atoms with E-state index in [1.165, 1.54) is 0 Å². The van der Waals surface area contributed by atoms with Gasteiger partial charge in [0.2, 0.25) is 0 Å². The van der Waals surface area contributed by atoms with Crippen molar-refractivity contribution in [1.82, 2.24) is 0 Å². The Morgan fingerprint density at radius 2 is 1.71 bits per heavy atom. The van der Waals surface area contributed by atoms with Crippen LogP contribution in [0.5, 0.6) is 0 Å².